The Kier molecular flexibility index (Phi) is 2.90. The number of H-pyrrole nitrogens is 1. The maximum absolute atomic E-state index is 4.44. The van der Waals surface area contributed by atoms with E-state index in [0.717, 1.165) is 15.7 Å². The molecule has 3 rings (SSSR count). The van der Waals surface area contributed by atoms with Crippen LogP contribution < -0.4 is 0 Å². The molecule has 1 aromatic carbocycles. The van der Waals surface area contributed by atoms with Crippen molar-refractivity contribution in [3.05, 3.63) is 53.1 Å². The van der Waals surface area contributed by atoms with Crippen molar-refractivity contribution in [2.75, 3.05) is 0 Å². The summed E-state index contributed by atoms with van der Waals surface area (Å²) in [6.07, 6.45) is 1.74. The molecule has 0 aliphatic rings. The number of hydrogen-bond donors (Lipinski definition) is 1. The van der Waals surface area contributed by atoms with E-state index in [4.69, 9.17) is 0 Å². The Bertz CT molecular complexity index is 646. The van der Waals surface area contributed by atoms with Gasteiger partial charge in [0.2, 0.25) is 0 Å². The highest BCUT2D eigenvalue weighted by atomic mass is 79.9. The van der Waals surface area contributed by atoms with E-state index >= 15 is 0 Å². The zero-order valence-electron chi connectivity index (χ0n) is 9.34. The lowest BCUT2D eigenvalue weighted by atomic mass is 10.2. The average molecular weight is 301 g/mol. The van der Waals surface area contributed by atoms with Crippen LogP contribution in [0.3, 0.4) is 0 Å². The van der Waals surface area contributed by atoms with Crippen molar-refractivity contribution < 1.29 is 0 Å². The monoisotopic (exact) mass is 300 g/mol. The highest BCUT2D eigenvalue weighted by Crippen LogP contribution is 2.19. The van der Waals surface area contributed by atoms with E-state index in [1.165, 1.54) is 0 Å². The Morgan fingerprint density at radius 3 is 2.56 bits per heavy atom. The molecule has 0 spiro atoms. The maximum atomic E-state index is 4.44. The van der Waals surface area contributed by atoms with Gasteiger partial charge < -0.3 is 0 Å². The van der Waals surface area contributed by atoms with Crippen LogP contribution in [0.25, 0.3) is 22.9 Å². The predicted octanol–water partition coefficient (Wildman–Crippen LogP) is 3.30. The molecule has 0 unspecified atom stereocenters. The molecule has 0 saturated carbocycles. The van der Waals surface area contributed by atoms with E-state index in [1.807, 2.05) is 42.5 Å². The van der Waals surface area contributed by atoms with E-state index in [1.54, 1.807) is 6.20 Å². The van der Waals surface area contributed by atoms with Gasteiger partial charge in [0.15, 0.2) is 11.6 Å². The predicted molar refractivity (Wildman–Crippen MR) is 72.7 cm³/mol. The van der Waals surface area contributed by atoms with Crippen LogP contribution in [0.5, 0.6) is 0 Å². The number of rotatable bonds is 2. The highest BCUT2D eigenvalue weighted by Gasteiger charge is 2.07. The first kappa shape index (κ1) is 11.1. The minimum atomic E-state index is 0.668. The molecule has 0 bridgehead atoms. The molecular formula is C13H9BrN4. The van der Waals surface area contributed by atoms with Crippen molar-refractivity contribution in [1.29, 1.82) is 0 Å². The van der Waals surface area contributed by atoms with Crippen LogP contribution in [0.1, 0.15) is 0 Å². The van der Waals surface area contributed by atoms with Crippen molar-refractivity contribution in [3.8, 4) is 22.9 Å². The lowest BCUT2D eigenvalue weighted by Gasteiger charge is -1.94. The quantitative estimate of drug-likeness (QED) is 0.790. The van der Waals surface area contributed by atoms with Crippen molar-refractivity contribution in [3.63, 3.8) is 0 Å². The standard InChI is InChI=1S/C13H9BrN4/c14-10-6-7-11(15-8-10)13-16-12(17-18-13)9-4-2-1-3-5-9/h1-8H,(H,16,17,18). The summed E-state index contributed by atoms with van der Waals surface area (Å²) in [5.74, 6) is 1.34. The lowest BCUT2D eigenvalue weighted by Crippen LogP contribution is -1.85. The van der Waals surface area contributed by atoms with Gasteiger partial charge in [-0.05, 0) is 28.1 Å². The number of pyridine rings is 1. The Balaban J connectivity index is 1.97. The van der Waals surface area contributed by atoms with Crippen molar-refractivity contribution in [1.82, 2.24) is 20.2 Å². The van der Waals surface area contributed by atoms with E-state index in [0.29, 0.717) is 11.6 Å². The molecule has 4 nitrogen and oxygen atoms in total. The van der Waals surface area contributed by atoms with Crippen LogP contribution in [0.2, 0.25) is 0 Å². The first-order valence-corrected chi connectivity index (χ1v) is 6.22. The number of halogens is 1. The largest absolute Gasteiger partial charge is 0.257 e. The van der Waals surface area contributed by atoms with Crippen molar-refractivity contribution in [2.45, 2.75) is 0 Å². The van der Waals surface area contributed by atoms with Gasteiger partial charge in [-0.25, -0.2) is 4.98 Å². The molecule has 0 fully saturated rings. The number of hydrogen-bond acceptors (Lipinski definition) is 3. The fourth-order valence-corrected chi connectivity index (χ4v) is 1.84. The normalized spacial score (nSPS) is 10.5. The van der Waals surface area contributed by atoms with Gasteiger partial charge >= 0.3 is 0 Å². The molecule has 18 heavy (non-hydrogen) atoms. The van der Waals surface area contributed by atoms with Crippen LogP contribution in [0.4, 0.5) is 0 Å². The van der Waals surface area contributed by atoms with Gasteiger partial charge in [0.05, 0.1) is 0 Å². The second-order valence-corrected chi connectivity index (χ2v) is 4.65. The van der Waals surface area contributed by atoms with Crippen LogP contribution in [0.15, 0.2) is 53.1 Å². The third-order valence-electron chi connectivity index (χ3n) is 2.49. The Labute approximate surface area is 112 Å². The van der Waals surface area contributed by atoms with Gasteiger partial charge in [0.25, 0.3) is 0 Å². The molecule has 0 saturated heterocycles. The number of aromatic amines is 1. The second-order valence-electron chi connectivity index (χ2n) is 3.74. The van der Waals surface area contributed by atoms with E-state index in [9.17, 15) is 0 Å². The summed E-state index contributed by atoms with van der Waals surface area (Å²) in [5.41, 5.74) is 1.75. The molecule has 2 heterocycles. The third kappa shape index (κ3) is 2.17. The van der Waals surface area contributed by atoms with Gasteiger partial charge in [-0.15, -0.1) is 0 Å². The SMILES string of the molecule is Brc1ccc(-c2nc(-c3ccccc3)n[nH]2)nc1. The summed E-state index contributed by atoms with van der Waals surface area (Å²) >= 11 is 3.35. The fraction of sp³-hybridized carbons (Fsp3) is 0. The fourth-order valence-electron chi connectivity index (χ4n) is 1.61. The van der Waals surface area contributed by atoms with Crippen molar-refractivity contribution >= 4 is 15.9 Å². The molecule has 0 radical (unpaired) electrons. The van der Waals surface area contributed by atoms with Gasteiger partial charge in [-0.1, -0.05) is 30.3 Å². The molecule has 88 valence electrons. The Morgan fingerprint density at radius 2 is 1.83 bits per heavy atom. The number of nitrogens with one attached hydrogen (secondary N) is 1. The van der Waals surface area contributed by atoms with Crippen LogP contribution >= 0.6 is 15.9 Å². The lowest BCUT2D eigenvalue weighted by molar-refractivity contribution is 1.09. The number of benzene rings is 1. The summed E-state index contributed by atoms with van der Waals surface area (Å²) in [6.45, 7) is 0. The average Bonchev–Trinajstić information content (AvgIpc) is 2.90. The van der Waals surface area contributed by atoms with E-state index in [2.05, 4.69) is 36.1 Å². The number of nitrogens with zero attached hydrogens (tertiary/aromatic N) is 3. The number of aromatic nitrogens is 4. The minimum absolute atomic E-state index is 0.668. The molecule has 2 aromatic heterocycles. The van der Waals surface area contributed by atoms with Crippen LogP contribution in [-0.4, -0.2) is 20.2 Å². The second kappa shape index (κ2) is 4.70. The van der Waals surface area contributed by atoms with Gasteiger partial charge in [0.1, 0.15) is 5.69 Å². The summed E-state index contributed by atoms with van der Waals surface area (Å²) < 4.78 is 0.939. The summed E-state index contributed by atoms with van der Waals surface area (Å²) in [5, 5.41) is 7.10. The highest BCUT2D eigenvalue weighted by molar-refractivity contribution is 9.10. The molecule has 1 N–H and O–H groups in total. The van der Waals surface area contributed by atoms with Gasteiger partial charge in [-0.3, -0.25) is 10.1 Å². The summed E-state index contributed by atoms with van der Waals surface area (Å²) in [7, 11) is 0. The molecule has 0 aliphatic heterocycles. The minimum Gasteiger partial charge on any atom is -0.257 e. The van der Waals surface area contributed by atoms with E-state index < -0.39 is 0 Å². The Hall–Kier alpha value is -2.01. The zero-order valence-corrected chi connectivity index (χ0v) is 10.9. The van der Waals surface area contributed by atoms with Crippen molar-refractivity contribution in [2.24, 2.45) is 0 Å². The molecule has 5 heteroatoms. The molecular weight excluding hydrogens is 292 g/mol. The van der Waals surface area contributed by atoms with Crippen LogP contribution in [0, 0.1) is 0 Å². The molecule has 0 amide bonds. The Morgan fingerprint density at radius 1 is 1.00 bits per heavy atom. The molecule has 3 aromatic rings. The zero-order chi connectivity index (χ0) is 12.4. The maximum Gasteiger partial charge on any atom is 0.181 e. The summed E-state index contributed by atoms with van der Waals surface area (Å²) in [6, 6.07) is 13.6. The summed E-state index contributed by atoms with van der Waals surface area (Å²) in [4.78, 5) is 8.71. The van der Waals surface area contributed by atoms with Gasteiger partial charge in [0, 0.05) is 16.2 Å². The first-order chi connectivity index (χ1) is 8.83. The molecule has 0 atom stereocenters. The van der Waals surface area contributed by atoms with E-state index in [-0.39, 0.29) is 0 Å². The van der Waals surface area contributed by atoms with Gasteiger partial charge in [-0.2, -0.15) is 5.10 Å². The van der Waals surface area contributed by atoms with Crippen LogP contribution in [-0.2, 0) is 0 Å². The smallest absolute Gasteiger partial charge is 0.181 e. The molecule has 0 aliphatic carbocycles. The topological polar surface area (TPSA) is 54.5 Å². The first-order valence-electron chi connectivity index (χ1n) is 5.43. The third-order valence-corrected chi connectivity index (χ3v) is 2.96.